The van der Waals surface area contributed by atoms with E-state index in [9.17, 15) is 13.2 Å². The highest BCUT2D eigenvalue weighted by Gasteiger charge is 2.21. The molecule has 1 N–H and O–H groups in total. The summed E-state index contributed by atoms with van der Waals surface area (Å²) in [5.41, 5.74) is 0.490. The molecule has 1 heterocycles. The number of hydrogen-bond acceptors (Lipinski definition) is 8. The molecule has 0 aliphatic carbocycles. The highest BCUT2D eigenvalue weighted by atomic mass is 32.2. The van der Waals surface area contributed by atoms with E-state index >= 15 is 0 Å². The number of amides is 1. The van der Waals surface area contributed by atoms with E-state index in [0.29, 0.717) is 34.7 Å². The number of hydrogen-bond donors (Lipinski definition) is 1. The molecule has 1 amide bonds. The summed E-state index contributed by atoms with van der Waals surface area (Å²) in [4.78, 5) is 12.7. The van der Waals surface area contributed by atoms with Crippen LogP contribution >= 0.6 is 11.8 Å². The zero-order valence-electron chi connectivity index (χ0n) is 17.9. The van der Waals surface area contributed by atoms with E-state index in [2.05, 4.69) is 15.5 Å². The second kappa shape index (κ2) is 10.5. The summed E-state index contributed by atoms with van der Waals surface area (Å²) < 4.78 is 37.5. The van der Waals surface area contributed by atoms with Gasteiger partial charge in [-0.25, -0.2) is 8.42 Å². The summed E-state index contributed by atoms with van der Waals surface area (Å²) in [6, 6.07) is 13.3. The van der Waals surface area contributed by atoms with Crippen LogP contribution in [0.5, 0.6) is 11.5 Å². The summed E-state index contributed by atoms with van der Waals surface area (Å²) in [6.45, 7) is 2.34. The minimum Gasteiger partial charge on any atom is -0.497 e. The topological polar surface area (TPSA) is 112 Å². The first-order valence-electron chi connectivity index (χ1n) is 9.72. The van der Waals surface area contributed by atoms with Crippen LogP contribution in [0.15, 0.2) is 58.6 Å². The maximum Gasteiger partial charge on any atom is 0.234 e. The molecule has 0 atom stereocenters. The van der Waals surface area contributed by atoms with Crippen LogP contribution in [0.25, 0.3) is 0 Å². The molecule has 0 saturated carbocycles. The lowest BCUT2D eigenvalue weighted by Crippen LogP contribution is -2.16. The summed E-state index contributed by atoms with van der Waals surface area (Å²) in [7, 11) is -0.504. The molecule has 0 fully saturated rings. The molecule has 32 heavy (non-hydrogen) atoms. The number of carbonyl (C=O) groups is 1. The van der Waals surface area contributed by atoms with E-state index < -0.39 is 9.84 Å². The van der Waals surface area contributed by atoms with Crippen molar-refractivity contribution in [3.8, 4) is 11.5 Å². The molecule has 11 heteroatoms. The fourth-order valence-electron chi connectivity index (χ4n) is 2.96. The highest BCUT2D eigenvalue weighted by molar-refractivity contribution is 7.99. The van der Waals surface area contributed by atoms with Crippen LogP contribution in [0, 0.1) is 0 Å². The number of nitrogens with zero attached hydrogens (tertiary/aromatic N) is 3. The Kier molecular flexibility index (Phi) is 7.75. The van der Waals surface area contributed by atoms with Crippen molar-refractivity contribution in [1.82, 2.24) is 14.8 Å². The average molecular weight is 477 g/mol. The summed E-state index contributed by atoms with van der Waals surface area (Å²) in [5, 5.41) is 11.4. The third-order valence-electron chi connectivity index (χ3n) is 4.54. The predicted octanol–water partition coefficient (Wildman–Crippen LogP) is 3.02. The summed E-state index contributed by atoms with van der Waals surface area (Å²) in [6.07, 6.45) is 0. The first kappa shape index (κ1) is 23.6. The Morgan fingerprint density at radius 3 is 2.50 bits per heavy atom. The fourth-order valence-corrected chi connectivity index (χ4v) is 5.07. The molecule has 1 aromatic heterocycles. The van der Waals surface area contributed by atoms with Crippen LogP contribution in [0.2, 0.25) is 0 Å². The smallest absolute Gasteiger partial charge is 0.234 e. The van der Waals surface area contributed by atoms with Crippen LogP contribution in [0.1, 0.15) is 12.7 Å². The van der Waals surface area contributed by atoms with E-state index in [0.717, 1.165) is 0 Å². The van der Waals surface area contributed by atoms with Crippen LogP contribution in [0.3, 0.4) is 0 Å². The Hall–Kier alpha value is -3.05. The van der Waals surface area contributed by atoms with Gasteiger partial charge in [0.05, 0.1) is 30.6 Å². The Bertz CT molecular complexity index is 1180. The van der Waals surface area contributed by atoms with E-state index in [4.69, 9.17) is 9.47 Å². The largest absolute Gasteiger partial charge is 0.497 e. The van der Waals surface area contributed by atoms with Gasteiger partial charge in [-0.3, -0.25) is 4.79 Å². The number of thioether (sulfide) groups is 1. The van der Waals surface area contributed by atoms with Gasteiger partial charge in [-0.2, -0.15) is 0 Å². The molecule has 0 saturated heterocycles. The standard InChI is InChI=1S/C21H24N4O5S2/c1-4-25-19(14-32(27,28)16-8-6-5-7-9-16)23-24-21(25)31-13-20(26)22-17-12-15(29-2)10-11-18(17)30-3/h5-12H,4,13-14H2,1-3H3,(H,22,26). The van der Waals surface area contributed by atoms with Crippen LogP contribution < -0.4 is 14.8 Å². The second-order valence-electron chi connectivity index (χ2n) is 6.62. The Labute approximate surface area is 191 Å². The highest BCUT2D eigenvalue weighted by Crippen LogP contribution is 2.29. The second-order valence-corrected chi connectivity index (χ2v) is 9.55. The average Bonchev–Trinajstić information content (AvgIpc) is 3.18. The van der Waals surface area contributed by atoms with Gasteiger partial charge in [-0.15, -0.1) is 10.2 Å². The van der Waals surface area contributed by atoms with Gasteiger partial charge in [0.2, 0.25) is 5.91 Å². The van der Waals surface area contributed by atoms with Crippen molar-refractivity contribution in [2.24, 2.45) is 0 Å². The number of benzene rings is 2. The zero-order chi connectivity index (χ0) is 23.1. The minimum atomic E-state index is -3.56. The molecule has 0 spiro atoms. The fraction of sp³-hybridized carbons (Fsp3) is 0.286. The van der Waals surface area contributed by atoms with Gasteiger partial charge in [0.25, 0.3) is 0 Å². The van der Waals surface area contributed by atoms with Gasteiger partial charge in [0, 0.05) is 12.6 Å². The third kappa shape index (κ3) is 5.60. The molecule has 0 unspecified atom stereocenters. The number of ether oxygens (including phenoxy) is 2. The molecule has 3 rings (SSSR count). The number of carbonyl (C=O) groups excluding carboxylic acids is 1. The lowest BCUT2D eigenvalue weighted by atomic mass is 10.2. The molecule has 3 aromatic rings. The van der Waals surface area contributed by atoms with Gasteiger partial charge < -0.3 is 19.4 Å². The van der Waals surface area contributed by atoms with Crippen LogP contribution in [0.4, 0.5) is 5.69 Å². The SMILES string of the molecule is CCn1c(CS(=O)(=O)c2ccccc2)nnc1SCC(=O)Nc1cc(OC)ccc1OC. The molecule has 9 nitrogen and oxygen atoms in total. The van der Waals surface area contributed by atoms with Crippen molar-refractivity contribution in [1.29, 1.82) is 0 Å². The number of methoxy groups -OCH3 is 2. The van der Waals surface area contributed by atoms with Crippen molar-refractivity contribution in [3.63, 3.8) is 0 Å². The minimum absolute atomic E-state index is 0.0595. The van der Waals surface area contributed by atoms with Gasteiger partial charge in [-0.1, -0.05) is 30.0 Å². The number of rotatable bonds is 10. The Balaban J connectivity index is 1.69. The summed E-state index contributed by atoms with van der Waals surface area (Å²) in [5.74, 6) is 0.938. The lowest BCUT2D eigenvalue weighted by molar-refractivity contribution is -0.113. The van der Waals surface area contributed by atoms with E-state index in [1.807, 2.05) is 6.92 Å². The monoisotopic (exact) mass is 476 g/mol. The predicted molar refractivity (Wildman–Crippen MR) is 122 cm³/mol. The quantitative estimate of drug-likeness (QED) is 0.445. The Morgan fingerprint density at radius 2 is 1.84 bits per heavy atom. The molecule has 2 aromatic carbocycles. The molecule has 0 bridgehead atoms. The number of anilines is 1. The summed E-state index contributed by atoms with van der Waals surface area (Å²) >= 11 is 1.18. The van der Waals surface area contributed by atoms with Crippen LogP contribution in [-0.2, 0) is 26.9 Å². The van der Waals surface area contributed by atoms with Crippen molar-refractivity contribution in [2.75, 3.05) is 25.3 Å². The first-order chi connectivity index (χ1) is 15.4. The molecule has 170 valence electrons. The van der Waals surface area contributed by atoms with Crippen molar-refractivity contribution >= 4 is 33.2 Å². The maximum atomic E-state index is 12.7. The molecule has 0 radical (unpaired) electrons. The lowest BCUT2D eigenvalue weighted by Gasteiger charge is -2.12. The zero-order valence-corrected chi connectivity index (χ0v) is 19.6. The van der Waals surface area contributed by atoms with E-state index in [1.54, 1.807) is 53.1 Å². The molecule has 0 aliphatic rings. The van der Waals surface area contributed by atoms with Gasteiger partial charge >= 0.3 is 0 Å². The van der Waals surface area contributed by atoms with Crippen molar-refractivity contribution < 1.29 is 22.7 Å². The number of aromatic nitrogens is 3. The van der Waals surface area contributed by atoms with Gasteiger partial charge in [0.1, 0.15) is 23.1 Å². The van der Waals surface area contributed by atoms with Gasteiger partial charge in [0.15, 0.2) is 15.0 Å². The van der Waals surface area contributed by atoms with Gasteiger partial charge in [-0.05, 0) is 31.2 Å². The molecular weight excluding hydrogens is 452 g/mol. The third-order valence-corrected chi connectivity index (χ3v) is 7.14. The maximum absolute atomic E-state index is 12.7. The van der Waals surface area contributed by atoms with E-state index in [-0.39, 0.29) is 22.3 Å². The van der Waals surface area contributed by atoms with E-state index in [1.165, 1.54) is 26.0 Å². The first-order valence-corrected chi connectivity index (χ1v) is 12.4. The van der Waals surface area contributed by atoms with Crippen molar-refractivity contribution in [2.45, 2.75) is 29.3 Å². The number of sulfone groups is 1. The van der Waals surface area contributed by atoms with Crippen LogP contribution in [-0.4, -0.2) is 49.1 Å². The van der Waals surface area contributed by atoms with Crippen molar-refractivity contribution in [3.05, 3.63) is 54.4 Å². The molecular formula is C21H24N4O5S2. The molecule has 0 aliphatic heterocycles. The number of nitrogens with one attached hydrogen (secondary N) is 1. The Morgan fingerprint density at radius 1 is 1.09 bits per heavy atom. The normalized spacial score (nSPS) is 11.2.